The van der Waals surface area contributed by atoms with E-state index >= 15 is 0 Å². The number of aromatic nitrogens is 4. The van der Waals surface area contributed by atoms with Crippen LogP contribution in [0.3, 0.4) is 0 Å². The van der Waals surface area contributed by atoms with Crippen LogP contribution in [-0.2, 0) is 20.1 Å². The van der Waals surface area contributed by atoms with E-state index in [4.69, 9.17) is 5.73 Å². The number of Topliss-reactive ketones (excluding diaryl/α,β-unsaturated/α-hetero) is 1. The Labute approximate surface area is 126 Å². The number of hydrogen-bond donors (Lipinski definition) is 1. The summed E-state index contributed by atoms with van der Waals surface area (Å²) >= 11 is 0. The van der Waals surface area contributed by atoms with E-state index in [1.54, 1.807) is 23.9 Å². The van der Waals surface area contributed by atoms with Gasteiger partial charge < -0.3 is 10.3 Å². The molecule has 0 fully saturated rings. The Morgan fingerprint density at radius 3 is 2.59 bits per heavy atom. The average molecular weight is 305 g/mol. The quantitative estimate of drug-likeness (QED) is 0.778. The number of hydrogen-bond acceptors (Lipinski definition) is 5. The van der Waals surface area contributed by atoms with Gasteiger partial charge in [0.25, 0.3) is 5.56 Å². The van der Waals surface area contributed by atoms with Crippen LogP contribution in [0, 0.1) is 6.92 Å². The van der Waals surface area contributed by atoms with Gasteiger partial charge in [0.15, 0.2) is 5.78 Å². The molecule has 0 saturated carbocycles. The molecule has 0 unspecified atom stereocenters. The first-order chi connectivity index (χ1) is 10.4. The van der Waals surface area contributed by atoms with Crippen LogP contribution in [0.1, 0.15) is 29.5 Å². The zero-order valence-electron chi connectivity index (χ0n) is 12.9. The first-order valence-corrected chi connectivity index (χ1v) is 6.98. The molecular weight excluding hydrogens is 286 g/mol. The van der Waals surface area contributed by atoms with Gasteiger partial charge in [0.05, 0.1) is 6.54 Å². The lowest BCUT2D eigenvalue weighted by molar-refractivity contribution is 0.0969. The maximum Gasteiger partial charge on any atom is 0.332 e. The molecule has 0 amide bonds. The first kappa shape index (κ1) is 15.7. The van der Waals surface area contributed by atoms with E-state index < -0.39 is 17.0 Å². The zero-order valence-corrected chi connectivity index (χ0v) is 12.9. The largest absolute Gasteiger partial charge is 0.384 e. The molecule has 2 aromatic heterocycles. The van der Waals surface area contributed by atoms with Gasteiger partial charge in [0, 0.05) is 26.0 Å². The lowest BCUT2D eigenvalue weighted by Gasteiger charge is -2.14. The van der Waals surface area contributed by atoms with Crippen molar-refractivity contribution < 1.29 is 4.79 Å². The van der Waals surface area contributed by atoms with Gasteiger partial charge in [-0.2, -0.15) is 0 Å². The monoisotopic (exact) mass is 305 g/mol. The minimum Gasteiger partial charge on any atom is -0.384 e. The number of ketones is 1. The lowest BCUT2D eigenvalue weighted by atomic mass is 10.2. The topological polar surface area (TPSA) is 105 Å². The van der Waals surface area contributed by atoms with Crippen LogP contribution in [0.4, 0.5) is 5.82 Å². The van der Waals surface area contributed by atoms with E-state index in [1.807, 2.05) is 6.92 Å². The smallest absolute Gasteiger partial charge is 0.332 e. The van der Waals surface area contributed by atoms with Gasteiger partial charge in [-0.1, -0.05) is 6.92 Å². The summed E-state index contributed by atoms with van der Waals surface area (Å²) in [5.74, 6) is 0.146. The van der Waals surface area contributed by atoms with E-state index in [9.17, 15) is 14.4 Å². The Balaban J connectivity index is 2.55. The number of carbonyl (C=O) groups is 1. The van der Waals surface area contributed by atoms with Crippen molar-refractivity contribution in [3.63, 3.8) is 0 Å². The SMILES string of the molecule is CCCn1c(N)c(C(=O)Cn2ccnc2C)c(=O)n(C)c1=O. The molecule has 0 bridgehead atoms. The number of rotatable bonds is 5. The fourth-order valence-electron chi connectivity index (χ4n) is 2.29. The second-order valence-corrected chi connectivity index (χ2v) is 5.08. The molecule has 2 rings (SSSR count). The summed E-state index contributed by atoms with van der Waals surface area (Å²) in [6.45, 7) is 3.94. The van der Waals surface area contributed by atoms with Gasteiger partial charge in [-0.15, -0.1) is 0 Å². The number of nitrogen functional groups attached to an aromatic ring is 1. The third-order valence-corrected chi connectivity index (χ3v) is 3.55. The van der Waals surface area contributed by atoms with Crippen molar-refractivity contribution in [2.24, 2.45) is 7.05 Å². The normalized spacial score (nSPS) is 10.9. The van der Waals surface area contributed by atoms with Crippen molar-refractivity contribution in [3.8, 4) is 0 Å². The van der Waals surface area contributed by atoms with Crippen molar-refractivity contribution in [1.29, 1.82) is 0 Å². The molecule has 118 valence electrons. The molecule has 0 aromatic carbocycles. The van der Waals surface area contributed by atoms with E-state index in [0.717, 1.165) is 4.57 Å². The molecule has 2 aromatic rings. The Bertz CT molecular complexity index is 828. The standard InChI is InChI=1S/C14H19N5O3/c1-4-6-19-12(15)11(13(21)17(3)14(19)22)10(20)8-18-7-5-16-9(18)2/h5,7H,4,6,8,15H2,1-3H3. The summed E-state index contributed by atoms with van der Waals surface area (Å²) in [7, 11) is 1.34. The van der Waals surface area contributed by atoms with Crippen molar-refractivity contribution in [2.45, 2.75) is 33.4 Å². The number of carbonyl (C=O) groups excluding carboxylic acids is 1. The summed E-state index contributed by atoms with van der Waals surface area (Å²) < 4.78 is 3.80. The highest BCUT2D eigenvalue weighted by Crippen LogP contribution is 2.08. The van der Waals surface area contributed by atoms with Crippen LogP contribution in [0.2, 0.25) is 0 Å². The lowest BCUT2D eigenvalue weighted by Crippen LogP contribution is -2.43. The van der Waals surface area contributed by atoms with Crippen LogP contribution in [0.5, 0.6) is 0 Å². The molecule has 0 aliphatic heterocycles. The highest BCUT2D eigenvalue weighted by atomic mass is 16.2. The number of nitrogens with two attached hydrogens (primary N) is 1. The summed E-state index contributed by atoms with van der Waals surface area (Å²) in [6, 6.07) is 0. The van der Waals surface area contributed by atoms with Gasteiger partial charge in [-0.3, -0.25) is 18.7 Å². The molecule has 8 nitrogen and oxygen atoms in total. The number of imidazole rings is 1. The van der Waals surface area contributed by atoms with Crippen LogP contribution >= 0.6 is 0 Å². The molecule has 2 heterocycles. The van der Waals surface area contributed by atoms with Gasteiger partial charge in [-0.05, 0) is 13.3 Å². The zero-order chi connectivity index (χ0) is 16.4. The molecular formula is C14H19N5O3. The Kier molecular flexibility index (Phi) is 4.30. The first-order valence-electron chi connectivity index (χ1n) is 6.98. The van der Waals surface area contributed by atoms with E-state index in [2.05, 4.69) is 4.98 Å². The maximum atomic E-state index is 12.5. The van der Waals surface area contributed by atoms with Crippen molar-refractivity contribution in [3.05, 3.63) is 44.6 Å². The third kappa shape index (κ3) is 2.59. The van der Waals surface area contributed by atoms with Crippen LogP contribution < -0.4 is 17.0 Å². The third-order valence-electron chi connectivity index (χ3n) is 3.55. The summed E-state index contributed by atoms with van der Waals surface area (Å²) in [4.78, 5) is 40.8. The Hall–Kier alpha value is -2.64. The van der Waals surface area contributed by atoms with E-state index in [0.29, 0.717) is 18.8 Å². The van der Waals surface area contributed by atoms with Gasteiger partial charge in [0.2, 0.25) is 0 Å². The highest BCUT2D eigenvalue weighted by molar-refractivity contribution is 5.99. The molecule has 0 saturated heterocycles. The number of aryl methyl sites for hydroxylation is 1. The van der Waals surface area contributed by atoms with Crippen molar-refractivity contribution >= 4 is 11.6 Å². The highest BCUT2D eigenvalue weighted by Gasteiger charge is 2.21. The van der Waals surface area contributed by atoms with Gasteiger partial charge in [0.1, 0.15) is 17.2 Å². The minimum atomic E-state index is -0.669. The van der Waals surface area contributed by atoms with Crippen LogP contribution in [-0.4, -0.2) is 24.5 Å². The predicted octanol–water partition coefficient (Wildman–Crippen LogP) is -0.0730. The number of nitrogens with zero attached hydrogens (tertiary/aromatic N) is 4. The molecule has 2 N–H and O–H groups in total. The molecule has 0 spiro atoms. The molecule has 22 heavy (non-hydrogen) atoms. The average Bonchev–Trinajstić information content (AvgIpc) is 2.87. The van der Waals surface area contributed by atoms with Crippen LogP contribution in [0.25, 0.3) is 0 Å². The summed E-state index contributed by atoms with van der Waals surface area (Å²) in [6.07, 6.45) is 3.88. The molecule has 0 radical (unpaired) electrons. The van der Waals surface area contributed by atoms with E-state index in [1.165, 1.54) is 11.6 Å². The minimum absolute atomic E-state index is 0.0460. The maximum absolute atomic E-state index is 12.5. The molecule has 8 heteroatoms. The molecule has 0 aliphatic rings. The fourth-order valence-corrected chi connectivity index (χ4v) is 2.29. The summed E-state index contributed by atoms with van der Waals surface area (Å²) in [5.41, 5.74) is 4.58. The fraction of sp³-hybridized carbons (Fsp3) is 0.429. The second kappa shape index (κ2) is 6.00. The molecule has 0 aliphatic carbocycles. The van der Waals surface area contributed by atoms with Gasteiger partial charge in [-0.25, -0.2) is 9.78 Å². The Morgan fingerprint density at radius 2 is 2.05 bits per heavy atom. The van der Waals surface area contributed by atoms with Crippen LogP contribution in [0.15, 0.2) is 22.0 Å². The van der Waals surface area contributed by atoms with Crippen molar-refractivity contribution in [1.82, 2.24) is 18.7 Å². The number of anilines is 1. The Morgan fingerprint density at radius 1 is 1.36 bits per heavy atom. The second-order valence-electron chi connectivity index (χ2n) is 5.08. The van der Waals surface area contributed by atoms with Gasteiger partial charge >= 0.3 is 5.69 Å². The molecule has 0 atom stereocenters. The summed E-state index contributed by atoms with van der Waals surface area (Å²) in [5, 5.41) is 0. The predicted molar refractivity (Wildman–Crippen MR) is 81.9 cm³/mol. The van der Waals surface area contributed by atoms with Crippen molar-refractivity contribution in [2.75, 3.05) is 5.73 Å². The van der Waals surface area contributed by atoms with E-state index in [-0.39, 0.29) is 17.9 Å².